The monoisotopic (exact) mass is 254 g/mol. The Labute approximate surface area is 104 Å². The molecule has 5 heteroatoms. The molecule has 0 heterocycles. The highest BCUT2D eigenvalue weighted by atomic mass is 35.5. The van der Waals surface area contributed by atoms with Gasteiger partial charge in [0.15, 0.2) is 0 Å². The highest BCUT2D eigenvalue weighted by molar-refractivity contribution is 6.66. The van der Waals surface area contributed by atoms with E-state index in [1.165, 1.54) is 6.08 Å². The molecule has 17 heavy (non-hydrogen) atoms. The Morgan fingerprint density at radius 2 is 1.94 bits per heavy atom. The van der Waals surface area contributed by atoms with Crippen molar-refractivity contribution in [3.63, 3.8) is 0 Å². The molecule has 0 unspecified atom stereocenters. The van der Waals surface area contributed by atoms with E-state index in [-0.39, 0.29) is 6.61 Å². The molecule has 0 spiro atoms. The van der Waals surface area contributed by atoms with Crippen LogP contribution in [0.15, 0.2) is 30.3 Å². The molecule has 0 aliphatic heterocycles. The lowest BCUT2D eigenvalue weighted by atomic mass is 10.2. The fourth-order valence-corrected chi connectivity index (χ4v) is 1.12. The number of hydrogen-bond donors (Lipinski definition) is 0. The van der Waals surface area contributed by atoms with Crippen LogP contribution in [0.4, 0.5) is 4.79 Å². The van der Waals surface area contributed by atoms with Gasteiger partial charge < -0.3 is 9.47 Å². The lowest BCUT2D eigenvalue weighted by molar-refractivity contribution is -0.107. The first kappa shape index (κ1) is 13.3. The summed E-state index contributed by atoms with van der Waals surface area (Å²) in [6.07, 6.45) is 2.05. The standard InChI is InChI=1S/C12H11ClO4/c1-2-16-12(15)17-10-6-3-9(4-7-10)5-8-11(13)14/h3-8H,2H2,1H3. The van der Waals surface area contributed by atoms with Crippen LogP contribution in [0, 0.1) is 0 Å². The quantitative estimate of drug-likeness (QED) is 0.359. The highest BCUT2D eigenvalue weighted by Crippen LogP contribution is 2.14. The summed E-state index contributed by atoms with van der Waals surface area (Å²) in [7, 11) is 0. The maximum absolute atomic E-state index is 11.0. The molecular weight excluding hydrogens is 244 g/mol. The summed E-state index contributed by atoms with van der Waals surface area (Å²) in [5.41, 5.74) is 0.773. The van der Waals surface area contributed by atoms with Crippen molar-refractivity contribution in [2.24, 2.45) is 0 Å². The van der Waals surface area contributed by atoms with E-state index in [1.54, 1.807) is 37.3 Å². The van der Waals surface area contributed by atoms with Crippen LogP contribution in [0.25, 0.3) is 6.08 Å². The Morgan fingerprint density at radius 3 is 2.47 bits per heavy atom. The normalized spacial score (nSPS) is 10.2. The zero-order valence-electron chi connectivity index (χ0n) is 9.18. The molecule has 0 N–H and O–H groups in total. The summed E-state index contributed by atoms with van der Waals surface area (Å²) in [5, 5.41) is -0.545. The molecule has 0 aliphatic carbocycles. The predicted molar refractivity (Wildman–Crippen MR) is 64.0 cm³/mol. The first-order valence-electron chi connectivity index (χ1n) is 4.94. The van der Waals surface area contributed by atoms with Gasteiger partial charge in [0.2, 0.25) is 5.24 Å². The summed E-state index contributed by atoms with van der Waals surface area (Å²) in [5.74, 6) is 0.373. The van der Waals surface area contributed by atoms with Crippen molar-refractivity contribution in [1.29, 1.82) is 0 Å². The summed E-state index contributed by atoms with van der Waals surface area (Å²) < 4.78 is 9.47. The number of carbonyl (C=O) groups excluding carboxylic acids is 2. The molecule has 0 atom stereocenters. The molecule has 1 aromatic carbocycles. The third-order valence-electron chi connectivity index (χ3n) is 1.75. The van der Waals surface area contributed by atoms with E-state index in [0.717, 1.165) is 5.56 Å². The number of allylic oxidation sites excluding steroid dienone is 1. The fourth-order valence-electron chi connectivity index (χ4n) is 1.05. The number of halogens is 1. The molecule has 0 aliphatic rings. The van der Waals surface area contributed by atoms with Crippen LogP contribution in [0.1, 0.15) is 12.5 Å². The minimum absolute atomic E-state index is 0.261. The highest BCUT2D eigenvalue weighted by Gasteiger charge is 2.03. The number of hydrogen-bond acceptors (Lipinski definition) is 4. The third kappa shape index (κ3) is 5.17. The van der Waals surface area contributed by atoms with Crippen molar-refractivity contribution in [1.82, 2.24) is 0 Å². The van der Waals surface area contributed by atoms with E-state index in [1.807, 2.05) is 0 Å². The van der Waals surface area contributed by atoms with Crippen LogP contribution in [0.3, 0.4) is 0 Å². The molecule has 90 valence electrons. The second-order valence-corrected chi connectivity index (χ2v) is 3.36. The summed E-state index contributed by atoms with van der Waals surface area (Å²) in [4.78, 5) is 21.5. The van der Waals surface area contributed by atoms with Crippen LogP contribution in [0.2, 0.25) is 0 Å². The topological polar surface area (TPSA) is 52.6 Å². The molecular formula is C12H11ClO4. The van der Waals surface area contributed by atoms with Gasteiger partial charge in [0.05, 0.1) is 6.61 Å². The van der Waals surface area contributed by atoms with Crippen molar-refractivity contribution >= 4 is 29.1 Å². The second-order valence-electron chi connectivity index (χ2n) is 2.99. The van der Waals surface area contributed by atoms with Crippen molar-refractivity contribution in [3.05, 3.63) is 35.9 Å². The lowest BCUT2D eigenvalue weighted by Crippen LogP contribution is -2.09. The number of ether oxygens (including phenoxy) is 2. The van der Waals surface area contributed by atoms with E-state index < -0.39 is 11.4 Å². The zero-order valence-corrected chi connectivity index (χ0v) is 9.94. The third-order valence-corrected chi connectivity index (χ3v) is 1.88. The van der Waals surface area contributed by atoms with Gasteiger partial charge in [-0.3, -0.25) is 4.79 Å². The van der Waals surface area contributed by atoms with E-state index in [9.17, 15) is 9.59 Å². The van der Waals surface area contributed by atoms with Crippen molar-refractivity contribution in [2.75, 3.05) is 6.61 Å². The van der Waals surface area contributed by atoms with Crippen LogP contribution in [-0.4, -0.2) is 18.0 Å². The molecule has 0 bridgehead atoms. The summed E-state index contributed by atoms with van der Waals surface area (Å²) in [6.45, 7) is 1.95. The Morgan fingerprint density at radius 1 is 1.29 bits per heavy atom. The molecule has 0 radical (unpaired) electrons. The van der Waals surface area contributed by atoms with Crippen LogP contribution in [-0.2, 0) is 9.53 Å². The van der Waals surface area contributed by atoms with Crippen molar-refractivity contribution in [3.8, 4) is 5.75 Å². The van der Waals surface area contributed by atoms with E-state index in [4.69, 9.17) is 16.3 Å². The second kappa shape index (κ2) is 6.70. The Bertz CT molecular complexity index is 423. The minimum Gasteiger partial charge on any atom is -0.434 e. The van der Waals surface area contributed by atoms with Gasteiger partial charge in [-0.05, 0) is 42.3 Å². The fraction of sp³-hybridized carbons (Fsp3) is 0.167. The van der Waals surface area contributed by atoms with Gasteiger partial charge in [-0.1, -0.05) is 18.2 Å². The predicted octanol–water partition coefficient (Wildman–Crippen LogP) is 3.00. The van der Waals surface area contributed by atoms with Crippen LogP contribution >= 0.6 is 11.6 Å². The van der Waals surface area contributed by atoms with Gasteiger partial charge in [-0.2, -0.15) is 0 Å². The largest absolute Gasteiger partial charge is 0.513 e. The number of rotatable bonds is 4. The summed E-state index contributed by atoms with van der Waals surface area (Å²) in [6, 6.07) is 6.56. The Hall–Kier alpha value is -1.81. The van der Waals surface area contributed by atoms with Gasteiger partial charge >= 0.3 is 6.16 Å². The van der Waals surface area contributed by atoms with E-state index in [0.29, 0.717) is 5.75 Å². The van der Waals surface area contributed by atoms with Gasteiger partial charge in [0.1, 0.15) is 5.75 Å². The molecule has 0 amide bonds. The number of benzene rings is 1. The minimum atomic E-state index is -0.744. The first-order chi connectivity index (χ1) is 8.11. The number of carbonyl (C=O) groups is 2. The van der Waals surface area contributed by atoms with E-state index in [2.05, 4.69) is 4.74 Å². The smallest absolute Gasteiger partial charge is 0.434 e. The average Bonchev–Trinajstić information content (AvgIpc) is 2.28. The Balaban J connectivity index is 2.62. The maximum atomic E-state index is 11.0. The van der Waals surface area contributed by atoms with Crippen LogP contribution in [0.5, 0.6) is 5.75 Å². The molecule has 1 rings (SSSR count). The lowest BCUT2D eigenvalue weighted by Gasteiger charge is -2.03. The molecule has 0 fully saturated rings. The molecule has 1 aromatic rings. The van der Waals surface area contributed by atoms with Crippen LogP contribution < -0.4 is 4.74 Å². The van der Waals surface area contributed by atoms with Gasteiger partial charge in [-0.25, -0.2) is 4.79 Å². The SMILES string of the molecule is CCOC(=O)Oc1ccc(C=CC(=O)Cl)cc1. The average molecular weight is 255 g/mol. The first-order valence-corrected chi connectivity index (χ1v) is 5.32. The molecule has 0 saturated heterocycles. The van der Waals surface area contributed by atoms with E-state index >= 15 is 0 Å². The van der Waals surface area contributed by atoms with Crippen molar-refractivity contribution in [2.45, 2.75) is 6.92 Å². The van der Waals surface area contributed by atoms with Gasteiger partial charge in [-0.15, -0.1) is 0 Å². The van der Waals surface area contributed by atoms with Gasteiger partial charge in [0, 0.05) is 0 Å². The maximum Gasteiger partial charge on any atom is 0.513 e. The Kier molecular flexibility index (Phi) is 5.23. The van der Waals surface area contributed by atoms with Crippen molar-refractivity contribution < 1.29 is 19.1 Å². The molecule has 0 saturated carbocycles. The molecule has 0 aromatic heterocycles. The zero-order chi connectivity index (χ0) is 12.7. The molecule has 4 nitrogen and oxygen atoms in total. The summed E-state index contributed by atoms with van der Waals surface area (Å²) >= 11 is 5.15. The van der Waals surface area contributed by atoms with Gasteiger partial charge in [0.25, 0.3) is 0 Å².